The maximum atomic E-state index is 11.6. The van der Waals surface area contributed by atoms with Crippen LogP contribution in [-0.2, 0) is 14.4 Å². The van der Waals surface area contributed by atoms with E-state index in [0.29, 0.717) is 5.75 Å². The zero-order chi connectivity index (χ0) is 13.6. The van der Waals surface area contributed by atoms with Gasteiger partial charge in [-0.15, -0.1) is 0 Å². The van der Waals surface area contributed by atoms with Crippen molar-refractivity contribution < 1.29 is 19.5 Å². The molecule has 0 bridgehead atoms. The molecular weight excluding hydrogens is 256 g/mol. The molecule has 1 rings (SSSR count). The molecule has 0 aliphatic heterocycles. The highest BCUT2D eigenvalue weighted by Crippen LogP contribution is 2.34. The van der Waals surface area contributed by atoms with Gasteiger partial charge in [0.05, 0.1) is 17.7 Å². The molecule has 1 fully saturated rings. The molecule has 4 N–H and O–H groups in total. The Kier molecular flexibility index (Phi) is 5.46. The Morgan fingerprint density at radius 1 is 1.33 bits per heavy atom. The molecule has 7 heteroatoms. The molecule has 1 saturated carbocycles. The minimum atomic E-state index is -0.891. The van der Waals surface area contributed by atoms with Crippen LogP contribution in [0.15, 0.2) is 0 Å². The number of carbonyl (C=O) groups excluding carboxylic acids is 2. The van der Waals surface area contributed by atoms with Gasteiger partial charge in [-0.25, -0.2) is 0 Å². The van der Waals surface area contributed by atoms with Crippen LogP contribution in [0.2, 0.25) is 0 Å². The number of nitrogens with two attached hydrogens (primary N) is 1. The molecule has 0 unspecified atom stereocenters. The van der Waals surface area contributed by atoms with Crippen molar-refractivity contribution in [1.82, 2.24) is 5.32 Å². The van der Waals surface area contributed by atoms with E-state index in [2.05, 4.69) is 5.32 Å². The number of aliphatic carboxylic acids is 1. The zero-order valence-electron chi connectivity index (χ0n) is 10.1. The Morgan fingerprint density at radius 2 is 2.00 bits per heavy atom. The van der Waals surface area contributed by atoms with Crippen LogP contribution in [0.5, 0.6) is 0 Å². The van der Waals surface area contributed by atoms with Crippen molar-refractivity contribution in [3.8, 4) is 0 Å². The Morgan fingerprint density at radius 3 is 2.44 bits per heavy atom. The summed E-state index contributed by atoms with van der Waals surface area (Å²) in [6, 6.07) is 0. The fourth-order valence-electron chi connectivity index (χ4n) is 1.93. The van der Waals surface area contributed by atoms with E-state index in [4.69, 9.17) is 10.8 Å². The van der Waals surface area contributed by atoms with Crippen LogP contribution in [0.25, 0.3) is 0 Å². The standard InChI is InChI=1S/C11H18N2O4S/c12-8(14)7-18-5-2-9(15)13-11(3-1-4-11)6-10(16)17/h1-7H2,(H2,12,14)(H,13,15)(H,16,17). The summed E-state index contributed by atoms with van der Waals surface area (Å²) in [6.45, 7) is 0. The van der Waals surface area contributed by atoms with Crippen LogP contribution in [-0.4, -0.2) is 39.9 Å². The molecule has 0 radical (unpaired) electrons. The number of rotatable bonds is 8. The molecule has 0 aromatic rings. The lowest BCUT2D eigenvalue weighted by Gasteiger charge is -2.41. The first-order chi connectivity index (χ1) is 8.43. The molecule has 1 aliphatic rings. The summed E-state index contributed by atoms with van der Waals surface area (Å²) in [7, 11) is 0. The van der Waals surface area contributed by atoms with E-state index in [1.54, 1.807) is 0 Å². The first kappa shape index (κ1) is 14.8. The topological polar surface area (TPSA) is 109 Å². The van der Waals surface area contributed by atoms with Gasteiger partial charge in [0, 0.05) is 12.2 Å². The lowest BCUT2D eigenvalue weighted by Crippen LogP contribution is -2.54. The fraction of sp³-hybridized carbons (Fsp3) is 0.727. The van der Waals surface area contributed by atoms with Gasteiger partial charge in [-0.3, -0.25) is 14.4 Å². The predicted octanol–water partition coefficient (Wildman–Crippen LogP) is 0.109. The lowest BCUT2D eigenvalue weighted by atomic mass is 9.74. The molecule has 2 amide bonds. The molecule has 1 aliphatic carbocycles. The number of nitrogens with one attached hydrogen (secondary N) is 1. The van der Waals surface area contributed by atoms with Crippen molar-refractivity contribution in [3.05, 3.63) is 0 Å². The monoisotopic (exact) mass is 274 g/mol. The molecule has 0 atom stereocenters. The van der Waals surface area contributed by atoms with Gasteiger partial charge in [0.25, 0.3) is 0 Å². The largest absolute Gasteiger partial charge is 0.481 e. The number of carbonyl (C=O) groups is 3. The molecule has 102 valence electrons. The van der Waals surface area contributed by atoms with Crippen molar-refractivity contribution in [1.29, 1.82) is 0 Å². The van der Waals surface area contributed by atoms with E-state index in [-0.39, 0.29) is 24.5 Å². The molecule has 0 aromatic carbocycles. The number of carboxylic acid groups (broad SMARTS) is 1. The van der Waals surface area contributed by atoms with Gasteiger partial charge in [0.1, 0.15) is 0 Å². The average Bonchev–Trinajstić information content (AvgIpc) is 2.20. The molecule has 6 nitrogen and oxygen atoms in total. The highest BCUT2D eigenvalue weighted by Gasteiger charge is 2.40. The normalized spacial score (nSPS) is 16.7. The van der Waals surface area contributed by atoms with Gasteiger partial charge in [-0.1, -0.05) is 0 Å². The third kappa shape index (κ3) is 4.95. The van der Waals surface area contributed by atoms with Gasteiger partial charge in [0.2, 0.25) is 11.8 Å². The summed E-state index contributed by atoms with van der Waals surface area (Å²) >= 11 is 1.30. The predicted molar refractivity (Wildman–Crippen MR) is 68.1 cm³/mol. The quantitative estimate of drug-likeness (QED) is 0.544. The second-order valence-corrected chi connectivity index (χ2v) is 5.63. The number of hydrogen-bond acceptors (Lipinski definition) is 4. The maximum absolute atomic E-state index is 11.6. The van der Waals surface area contributed by atoms with Gasteiger partial charge >= 0.3 is 5.97 Å². The number of amides is 2. The minimum Gasteiger partial charge on any atom is -0.481 e. The van der Waals surface area contributed by atoms with Crippen molar-refractivity contribution in [2.24, 2.45) is 5.73 Å². The third-order valence-electron chi connectivity index (χ3n) is 2.92. The molecule has 18 heavy (non-hydrogen) atoms. The van der Waals surface area contributed by atoms with Crippen molar-refractivity contribution in [2.75, 3.05) is 11.5 Å². The van der Waals surface area contributed by atoms with Crippen LogP contribution in [0.1, 0.15) is 32.1 Å². The molecule has 0 saturated heterocycles. The van der Waals surface area contributed by atoms with E-state index in [0.717, 1.165) is 19.3 Å². The second-order valence-electron chi connectivity index (χ2n) is 4.52. The Bertz CT molecular complexity index is 342. The van der Waals surface area contributed by atoms with Crippen LogP contribution < -0.4 is 11.1 Å². The summed E-state index contributed by atoms with van der Waals surface area (Å²) in [6.07, 6.45) is 2.65. The first-order valence-corrected chi connectivity index (χ1v) is 6.98. The number of primary amides is 1. The van der Waals surface area contributed by atoms with E-state index in [1.807, 2.05) is 0 Å². The highest BCUT2D eigenvalue weighted by molar-refractivity contribution is 7.99. The van der Waals surface area contributed by atoms with Crippen LogP contribution >= 0.6 is 11.8 Å². The minimum absolute atomic E-state index is 0.0207. The van der Waals surface area contributed by atoms with Crippen molar-refractivity contribution in [3.63, 3.8) is 0 Å². The van der Waals surface area contributed by atoms with E-state index in [9.17, 15) is 14.4 Å². The summed E-state index contributed by atoms with van der Waals surface area (Å²) in [5, 5.41) is 11.6. The van der Waals surface area contributed by atoms with Gasteiger partial charge < -0.3 is 16.2 Å². The second kappa shape index (κ2) is 6.63. The number of thioether (sulfide) groups is 1. The van der Waals surface area contributed by atoms with Crippen molar-refractivity contribution in [2.45, 2.75) is 37.6 Å². The Balaban J connectivity index is 2.25. The van der Waals surface area contributed by atoms with Crippen molar-refractivity contribution >= 4 is 29.5 Å². The number of carboxylic acids is 1. The average molecular weight is 274 g/mol. The third-order valence-corrected chi connectivity index (χ3v) is 3.90. The summed E-state index contributed by atoms with van der Waals surface area (Å²) in [4.78, 5) is 32.8. The highest BCUT2D eigenvalue weighted by atomic mass is 32.2. The van der Waals surface area contributed by atoms with E-state index >= 15 is 0 Å². The van der Waals surface area contributed by atoms with Crippen LogP contribution in [0.4, 0.5) is 0 Å². The zero-order valence-corrected chi connectivity index (χ0v) is 10.9. The molecular formula is C11H18N2O4S. The van der Waals surface area contributed by atoms with Gasteiger partial charge in [-0.05, 0) is 19.3 Å². The maximum Gasteiger partial charge on any atom is 0.305 e. The fourth-order valence-corrected chi connectivity index (χ4v) is 2.61. The molecule has 0 aromatic heterocycles. The van der Waals surface area contributed by atoms with Gasteiger partial charge in [0.15, 0.2) is 0 Å². The summed E-state index contributed by atoms with van der Waals surface area (Å²) < 4.78 is 0. The Labute approximate surface area is 110 Å². The van der Waals surface area contributed by atoms with E-state index < -0.39 is 17.4 Å². The Hall–Kier alpha value is -1.24. The van der Waals surface area contributed by atoms with Crippen LogP contribution in [0, 0.1) is 0 Å². The van der Waals surface area contributed by atoms with Crippen LogP contribution in [0.3, 0.4) is 0 Å². The first-order valence-electron chi connectivity index (χ1n) is 5.82. The summed E-state index contributed by atoms with van der Waals surface area (Å²) in [5.41, 5.74) is 4.43. The molecule has 0 spiro atoms. The smallest absolute Gasteiger partial charge is 0.305 e. The number of hydrogen-bond donors (Lipinski definition) is 3. The van der Waals surface area contributed by atoms with E-state index in [1.165, 1.54) is 11.8 Å². The van der Waals surface area contributed by atoms with Gasteiger partial charge in [-0.2, -0.15) is 11.8 Å². The SMILES string of the molecule is NC(=O)CSCCC(=O)NC1(CC(=O)O)CCC1. The summed E-state index contributed by atoms with van der Waals surface area (Å²) in [5.74, 6) is -0.737. The molecule has 0 heterocycles. The lowest BCUT2D eigenvalue weighted by molar-refractivity contribution is -0.140.